The molecule has 2 N–H and O–H groups in total. The van der Waals surface area contributed by atoms with Crippen LogP contribution in [-0.2, 0) is 17.9 Å². The normalized spacial score (nSPS) is 15.1. The molecule has 1 aliphatic carbocycles. The van der Waals surface area contributed by atoms with Crippen molar-refractivity contribution in [3.8, 4) is 5.88 Å². The van der Waals surface area contributed by atoms with Crippen LogP contribution in [0.25, 0.3) is 0 Å². The number of aromatic nitrogens is 1. The number of anilines is 1. The number of nitrogens with zero attached hydrogens (tertiary/aromatic N) is 1. The summed E-state index contributed by atoms with van der Waals surface area (Å²) in [5.41, 5.74) is 4.29. The molecular formula is C28H29N3O2S. The third-order valence-electron chi connectivity index (χ3n) is 5.67. The van der Waals surface area contributed by atoms with Crippen molar-refractivity contribution in [2.45, 2.75) is 39.8 Å². The first-order valence-corrected chi connectivity index (χ1v) is 11.8. The highest BCUT2D eigenvalue weighted by Crippen LogP contribution is 2.36. The fourth-order valence-electron chi connectivity index (χ4n) is 4.03. The summed E-state index contributed by atoms with van der Waals surface area (Å²) in [7, 11) is 0. The number of carbonyl (C=O) groups excluding carboxylic acids is 1. The van der Waals surface area contributed by atoms with Gasteiger partial charge in [-0.3, -0.25) is 4.79 Å². The second-order valence-electron chi connectivity index (χ2n) is 9.24. The Balaban J connectivity index is 1.48. The van der Waals surface area contributed by atoms with Gasteiger partial charge in [-0.05, 0) is 41.2 Å². The van der Waals surface area contributed by atoms with Crippen molar-refractivity contribution in [2.75, 3.05) is 5.32 Å². The summed E-state index contributed by atoms with van der Waals surface area (Å²) in [5.74, 6) is 0.632. The van der Waals surface area contributed by atoms with Crippen molar-refractivity contribution in [2.24, 2.45) is 5.41 Å². The molecule has 0 bridgehead atoms. The van der Waals surface area contributed by atoms with Crippen LogP contribution in [0.15, 0.2) is 90.3 Å². The van der Waals surface area contributed by atoms with Gasteiger partial charge < -0.3 is 15.4 Å². The highest BCUT2D eigenvalue weighted by Gasteiger charge is 2.34. The van der Waals surface area contributed by atoms with E-state index in [9.17, 15) is 4.79 Å². The first-order valence-electron chi connectivity index (χ1n) is 11.4. The molecule has 0 atom stereocenters. The molecule has 0 saturated carbocycles. The zero-order chi connectivity index (χ0) is 24.0. The summed E-state index contributed by atoms with van der Waals surface area (Å²) in [4.78, 5) is 17.9. The maximum atomic E-state index is 13.1. The number of pyridine rings is 1. The van der Waals surface area contributed by atoms with Crippen molar-refractivity contribution in [3.05, 3.63) is 101 Å². The van der Waals surface area contributed by atoms with E-state index in [1.54, 1.807) is 6.20 Å². The molecule has 4 rings (SSSR count). The molecule has 3 aromatic rings. The van der Waals surface area contributed by atoms with Crippen molar-refractivity contribution >= 4 is 28.7 Å². The highest BCUT2D eigenvalue weighted by molar-refractivity contribution is 7.81. The monoisotopic (exact) mass is 471 g/mol. The zero-order valence-electron chi connectivity index (χ0n) is 19.5. The van der Waals surface area contributed by atoms with Crippen LogP contribution in [0.4, 0.5) is 5.69 Å². The quantitative estimate of drug-likeness (QED) is 0.403. The van der Waals surface area contributed by atoms with Crippen molar-refractivity contribution in [1.82, 2.24) is 10.3 Å². The molecule has 0 aliphatic heterocycles. The lowest BCUT2D eigenvalue weighted by atomic mass is 9.75. The fourth-order valence-corrected chi connectivity index (χ4v) is 4.38. The van der Waals surface area contributed by atoms with E-state index in [0.29, 0.717) is 36.0 Å². The Labute approximate surface area is 206 Å². The minimum absolute atomic E-state index is 0.0637. The molecule has 5 nitrogen and oxygen atoms in total. The number of rotatable bonds is 8. The topological polar surface area (TPSA) is 63.2 Å². The summed E-state index contributed by atoms with van der Waals surface area (Å²) < 4.78 is 5.86. The maximum absolute atomic E-state index is 13.1. The first kappa shape index (κ1) is 23.6. The molecule has 0 radical (unpaired) electrons. The summed E-state index contributed by atoms with van der Waals surface area (Å²) in [6, 6.07) is 23.6. The smallest absolute Gasteiger partial charge is 0.213 e. The lowest BCUT2D eigenvalue weighted by Gasteiger charge is -2.33. The average molecular weight is 472 g/mol. The molecule has 0 amide bonds. The molecule has 0 spiro atoms. The van der Waals surface area contributed by atoms with Crippen LogP contribution in [0.2, 0.25) is 0 Å². The zero-order valence-corrected chi connectivity index (χ0v) is 20.3. The molecule has 2 aromatic carbocycles. The van der Waals surface area contributed by atoms with E-state index in [-0.39, 0.29) is 11.2 Å². The minimum Gasteiger partial charge on any atom is -0.473 e. The van der Waals surface area contributed by atoms with E-state index in [4.69, 9.17) is 17.0 Å². The summed E-state index contributed by atoms with van der Waals surface area (Å²) in [6.45, 7) is 5.22. The molecule has 174 valence electrons. The number of hydrogen-bond donors (Lipinski definition) is 2. The number of thiocarbonyl (C=S) groups is 1. The summed E-state index contributed by atoms with van der Waals surface area (Å²) in [5, 5.41) is 6.71. The van der Waals surface area contributed by atoms with Gasteiger partial charge in [0.05, 0.1) is 5.57 Å². The van der Waals surface area contributed by atoms with Gasteiger partial charge in [0.15, 0.2) is 5.78 Å². The van der Waals surface area contributed by atoms with Crippen LogP contribution in [-0.4, -0.2) is 15.8 Å². The lowest BCUT2D eigenvalue weighted by molar-refractivity contribution is -0.117. The third-order valence-corrected chi connectivity index (χ3v) is 5.97. The van der Waals surface area contributed by atoms with Crippen LogP contribution >= 0.6 is 12.2 Å². The van der Waals surface area contributed by atoms with E-state index in [1.807, 2.05) is 72.8 Å². The van der Waals surface area contributed by atoms with Gasteiger partial charge in [-0.1, -0.05) is 74.6 Å². The SMILES string of the molecule is CC1(C)CC(=O)C(C(=S)Nc2ccccc2)=C(NCc2ccnc(OCc3ccccc3)c2)C1. The largest absolute Gasteiger partial charge is 0.473 e. The lowest BCUT2D eigenvalue weighted by Crippen LogP contribution is -2.35. The number of allylic oxidation sites excluding steroid dienone is 1. The van der Waals surface area contributed by atoms with Gasteiger partial charge in [0.25, 0.3) is 0 Å². The molecule has 6 heteroatoms. The number of para-hydroxylation sites is 1. The molecule has 0 unspecified atom stereocenters. The molecule has 34 heavy (non-hydrogen) atoms. The first-order chi connectivity index (χ1) is 16.4. The van der Waals surface area contributed by atoms with E-state index >= 15 is 0 Å². The van der Waals surface area contributed by atoms with E-state index < -0.39 is 0 Å². The van der Waals surface area contributed by atoms with E-state index in [0.717, 1.165) is 28.9 Å². The Morgan fingerprint density at radius 3 is 2.44 bits per heavy atom. The molecule has 0 saturated heterocycles. The minimum atomic E-state index is -0.131. The second-order valence-corrected chi connectivity index (χ2v) is 9.65. The number of benzene rings is 2. The van der Waals surface area contributed by atoms with Gasteiger partial charge in [-0.25, -0.2) is 4.98 Å². The predicted molar refractivity (Wildman–Crippen MR) is 140 cm³/mol. The van der Waals surface area contributed by atoms with E-state index in [1.165, 1.54) is 0 Å². The van der Waals surface area contributed by atoms with Crippen molar-refractivity contribution < 1.29 is 9.53 Å². The predicted octanol–water partition coefficient (Wildman–Crippen LogP) is 5.83. The Hall–Kier alpha value is -3.51. The van der Waals surface area contributed by atoms with Crippen molar-refractivity contribution in [3.63, 3.8) is 0 Å². The van der Waals surface area contributed by atoms with Gasteiger partial charge in [0, 0.05) is 36.6 Å². The average Bonchev–Trinajstić information content (AvgIpc) is 2.82. The molecule has 1 heterocycles. The molecule has 1 aromatic heterocycles. The van der Waals surface area contributed by atoms with Gasteiger partial charge >= 0.3 is 0 Å². The number of hydrogen-bond acceptors (Lipinski definition) is 5. The van der Waals surface area contributed by atoms with Crippen LogP contribution < -0.4 is 15.4 Å². The van der Waals surface area contributed by atoms with Crippen LogP contribution in [0.1, 0.15) is 37.8 Å². The Morgan fingerprint density at radius 1 is 1.00 bits per heavy atom. The van der Waals surface area contributed by atoms with Gasteiger partial charge in [0.1, 0.15) is 11.6 Å². The maximum Gasteiger partial charge on any atom is 0.213 e. The van der Waals surface area contributed by atoms with Crippen molar-refractivity contribution in [1.29, 1.82) is 0 Å². The standard InChI is InChI=1S/C28H29N3O2S/c1-28(2)16-23(26(24(32)17-28)27(34)31-22-11-7-4-8-12-22)30-18-21-13-14-29-25(15-21)33-19-20-9-5-3-6-10-20/h3-15,30H,16-19H2,1-2H3,(H,31,34). The number of ketones is 1. The third kappa shape index (κ3) is 6.29. The molecule has 1 aliphatic rings. The summed E-state index contributed by atoms with van der Waals surface area (Å²) in [6.07, 6.45) is 2.95. The Morgan fingerprint density at radius 2 is 1.71 bits per heavy atom. The van der Waals surface area contributed by atoms with Crippen LogP contribution in [0, 0.1) is 5.41 Å². The number of nitrogens with one attached hydrogen (secondary N) is 2. The Kier molecular flexibility index (Phi) is 7.38. The van der Waals surface area contributed by atoms with Gasteiger partial charge in [-0.15, -0.1) is 0 Å². The van der Waals surface area contributed by atoms with E-state index in [2.05, 4.69) is 29.5 Å². The van der Waals surface area contributed by atoms with Crippen LogP contribution in [0.5, 0.6) is 5.88 Å². The fraction of sp³-hybridized carbons (Fsp3) is 0.250. The van der Waals surface area contributed by atoms with Crippen LogP contribution in [0.3, 0.4) is 0 Å². The number of carbonyl (C=O) groups is 1. The molecule has 0 fully saturated rings. The number of ether oxygens (including phenoxy) is 1. The van der Waals surface area contributed by atoms with Gasteiger partial charge in [-0.2, -0.15) is 0 Å². The highest BCUT2D eigenvalue weighted by atomic mass is 32.1. The summed E-state index contributed by atoms with van der Waals surface area (Å²) >= 11 is 5.66. The Bertz CT molecular complexity index is 1190. The number of Topliss-reactive ketones (excluding diaryl/α,β-unsaturated/α-hetero) is 1. The molecular weight excluding hydrogens is 442 g/mol. The van der Waals surface area contributed by atoms with Gasteiger partial charge in [0.2, 0.25) is 5.88 Å². The second kappa shape index (κ2) is 10.6.